The fraction of sp³-hybridized carbons (Fsp3) is 0.571. The summed E-state index contributed by atoms with van der Waals surface area (Å²) in [5.41, 5.74) is 2.21. The second-order valence-electron chi connectivity index (χ2n) is 8.53. The Morgan fingerprint density at radius 2 is 2.16 bits per heavy atom. The lowest BCUT2D eigenvalue weighted by Crippen LogP contribution is -2.47. The SMILES string of the molecule is COc1ccc2c(CC(=O)N[C@@H]3C[C@@H]4CC[C@]3(C)C4(C)C)coc2c1. The second kappa shape index (κ2) is 5.52. The number of hydrogen-bond acceptors (Lipinski definition) is 3. The summed E-state index contributed by atoms with van der Waals surface area (Å²) >= 11 is 0. The van der Waals surface area contributed by atoms with E-state index in [1.165, 1.54) is 12.8 Å². The van der Waals surface area contributed by atoms with Gasteiger partial charge in [-0.05, 0) is 48.1 Å². The molecule has 2 aliphatic rings. The van der Waals surface area contributed by atoms with Gasteiger partial charge in [-0.1, -0.05) is 20.8 Å². The summed E-state index contributed by atoms with van der Waals surface area (Å²) in [4.78, 5) is 12.7. The average molecular weight is 341 g/mol. The molecule has 4 heteroatoms. The maximum atomic E-state index is 12.7. The fourth-order valence-corrected chi connectivity index (χ4v) is 5.17. The molecule has 0 saturated heterocycles. The molecule has 0 radical (unpaired) electrons. The Morgan fingerprint density at radius 1 is 1.36 bits per heavy atom. The maximum Gasteiger partial charge on any atom is 0.224 e. The standard InChI is InChI=1S/C21H27NO3/c1-20(2)14-7-8-21(20,3)18(10-14)22-19(23)9-13-12-25-17-11-15(24-4)5-6-16(13)17/h5-6,11-12,14,18H,7-10H2,1-4H3,(H,22,23)/t14-,18+,21-/m0/s1. The molecule has 2 bridgehead atoms. The number of benzene rings is 1. The number of hydrogen-bond donors (Lipinski definition) is 1. The van der Waals surface area contributed by atoms with Gasteiger partial charge in [0.1, 0.15) is 11.3 Å². The molecule has 1 amide bonds. The highest BCUT2D eigenvalue weighted by atomic mass is 16.5. The lowest BCUT2D eigenvalue weighted by atomic mass is 9.69. The molecule has 3 atom stereocenters. The van der Waals surface area contributed by atoms with Gasteiger partial charge in [-0.3, -0.25) is 4.79 Å². The van der Waals surface area contributed by atoms with Crippen LogP contribution in [0.1, 0.15) is 45.6 Å². The van der Waals surface area contributed by atoms with Crippen molar-refractivity contribution in [1.29, 1.82) is 0 Å². The minimum absolute atomic E-state index is 0.0908. The van der Waals surface area contributed by atoms with Gasteiger partial charge in [0, 0.05) is 23.1 Å². The molecule has 0 spiro atoms. The molecular formula is C21H27NO3. The zero-order valence-electron chi connectivity index (χ0n) is 15.5. The molecule has 134 valence electrons. The minimum atomic E-state index is 0.0908. The monoisotopic (exact) mass is 341 g/mol. The third-order valence-corrected chi connectivity index (χ3v) is 7.34. The van der Waals surface area contributed by atoms with E-state index >= 15 is 0 Å². The van der Waals surface area contributed by atoms with E-state index < -0.39 is 0 Å². The molecule has 2 fully saturated rings. The number of methoxy groups -OCH3 is 1. The van der Waals surface area contributed by atoms with Gasteiger partial charge < -0.3 is 14.5 Å². The Balaban J connectivity index is 1.49. The minimum Gasteiger partial charge on any atom is -0.497 e. The van der Waals surface area contributed by atoms with Crippen molar-refractivity contribution in [3.8, 4) is 5.75 Å². The number of nitrogens with one attached hydrogen (secondary N) is 1. The first-order chi connectivity index (χ1) is 11.8. The Morgan fingerprint density at radius 3 is 2.80 bits per heavy atom. The molecular weight excluding hydrogens is 314 g/mol. The largest absolute Gasteiger partial charge is 0.497 e. The van der Waals surface area contributed by atoms with Crippen LogP contribution in [0.4, 0.5) is 0 Å². The molecule has 2 aliphatic carbocycles. The molecule has 2 aromatic rings. The predicted octanol–water partition coefficient (Wildman–Crippen LogP) is 4.31. The number of carbonyl (C=O) groups is 1. The lowest BCUT2D eigenvalue weighted by Gasteiger charge is -2.39. The summed E-state index contributed by atoms with van der Waals surface area (Å²) in [7, 11) is 1.63. The Labute approximate surface area is 148 Å². The van der Waals surface area contributed by atoms with E-state index in [2.05, 4.69) is 26.1 Å². The molecule has 1 aromatic carbocycles. The van der Waals surface area contributed by atoms with Gasteiger partial charge in [-0.25, -0.2) is 0 Å². The van der Waals surface area contributed by atoms with Crippen LogP contribution in [0.15, 0.2) is 28.9 Å². The summed E-state index contributed by atoms with van der Waals surface area (Å²) < 4.78 is 10.8. The summed E-state index contributed by atoms with van der Waals surface area (Å²) in [6.07, 6.45) is 5.67. The van der Waals surface area contributed by atoms with Crippen molar-refractivity contribution in [2.45, 2.75) is 52.5 Å². The molecule has 2 saturated carbocycles. The van der Waals surface area contributed by atoms with Crippen molar-refractivity contribution in [2.24, 2.45) is 16.7 Å². The lowest BCUT2D eigenvalue weighted by molar-refractivity contribution is -0.122. The highest BCUT2D eigenvalue weighted by Crippen LogP contribution is 2.65. The van der Waals surface area contributed by atoms with E-state index in [1.54, 1.807) is 13.4 Å². The molecule has 4 nitrogen and oxygen atoms in total. The predicted molar refractivity (Wildman–Crippen MR) is 97.6 cm³/mol. The summed E-state index contributed by atoms with van der Waals surface area (Å²) in [5, 5.41) is 4.31. The van der Waals surface area contributed by atoms with Gasteiger partial charge in [-0.2, -0.15) is 0 Å². The number of ether oxygens (including phenoxy) is 1. The van der Waals surface area contributed by atoms with E-state index in [1.807, 2.05) is 18.2 Å². The molecule has 1 aromatic heterocycles. The molecule has 4 rings (SSSR count). The van der Waals surface area contributed by atoms with E-state index in [4.69, 9.17) is 9.15 Å². The molecule has 25 heavy (non-hydrogen) atoms. The van der Waals surface area contributed by atoms with Crippen LogP contribution in [0.3, 0.4) is 0 Å². The van der Waals surface area contributed by atoms with Crippen LogP contribution in [-0.2, 0) is 11.2 Å². The van der Waals surface area contributed by atoms with Crippen LogP contribution in [0.5, 0.6) is 5.75 Å². The first-order valence-corrected chi connectivity index (χ1v) is 9.18. The van der Waals surface area contributed by atoms with Crippen LogP contribution in [0.2, 0.25) is 0 Å². The van der Waals surface area contributed by atoms with Gasteiger partial charge in [0.05, 0.1) is 19.8 Å². The van der Waals surface area contributed by atoms with Crippen molar-refractivity contribution >= 4 is 16.9 Å². The van der Waals surface area contributed by atoms with Crippen molar-refractivity contribution in [3.63, 3.8) is 0 Å². The maximum absolute atomic E-state index is 12.7. The van der Waals surface area contributed by atoms with Crippen molar-refractivity contribution in [3.05, 3.63) is 30.0 Å². The zero-order chi connectivity index (χ0) is 17.8. The van der Waals surface area contributed by atoms with Crippen LogP contribution in [-0.4, -0.2) is 19.1 Å². The van der Waals surface area contributed by atoms with E-state index in [9.17, 15) is 4.79 Å². The Hall–Kier alpha value is -1.97. The van der Waals surface area contributed by atoms with Gasteiger partial charge in [0.15, 0.2) is 0 Å². The van der Waals surface area contributed by atoms with Gasteiger partial charge in [0.2, 0.25) is 5.91 Å². The van der Waals surface area contributed by atoms with Crippen LogP contribution in [0, 0.1) is 16.7 Å². The zero-order valence-corrected chi connectivity index (χ0v) is 15.5. The van der Waals surface area contributed by atoms with Crippen LogP contribution >= 0.6 is 0 Å². The van der Waals surface area contributed by atoms with Crippen LogP contribution in [0.25, 0.3) is 11.0 Å². The Kier molecular flexibility index (Phi) is 3.64. The topological polar surface area (TPSA) is 51.5 Å². The third-order valence-electron chi connectivity index (χ3n) is 7.34. The van der Waals surface area contributed by atoms with E-state index in [0.29, 0.717) is 11.8 Å². The Bertz CT molecular complexity index is 822. The third kappa shape index (κ3) is 2.37. The number of amides is 1. The molecule has 1 heterocycles. The second-order valence-corrected chi connectivity index (χ2v) is 8.53. The summed E-state index contributed by atoms with van der Waals surface area (Å²) in [6.45, 7) is 7.09. The average Bonchev–Trinajstić information content (AvgIpc) is 3.13. The van der Waals surface area contributed by atoms with Crippen molar-refractivity contribution in [1.82, 2.24) is 5.32 Å². The number of furan rings is 1. The molecule has 0 unspecified atom stereocenters. The first kappa shape index (κ1) is 16.5. The quantitative estimate of drug-likeness (QED) is 0.901. The molecule has 1 N–H and O–H groups in total. The molecule has 0 aliphatic heterocycles. The van der Waals surface area contributed by atoms with Crippen molar-refractivity contribution < 1.29 is 13.9 Å². The highest BCUT2D eigenvalue weighted by molar-refractivity contribution is 5.88. The fourth-order valence-electron chi connectivity index (χ4n) is 5.17. The van der Waals surface area contributed by atoms with Gasteiger partial charge in [0.25, 0.3) is 0 Å². The van der Waals surface area contributed by atoms with Gasteiger partial charge >= 0.3 is 0 Å². The normalized spacial score (nSPS) is 29.9. The number of fused-ring (bicyclic) bond motifs is 3. The summed E-state index contributed by atoms with van der Waals surface area (Å²) in [6, 6.07) is 6.00. The van der Waals surface area contributed by atoms with Crippen molar-refractivity contribution in [2.75, 3.05) is 7.11 Å². The first-order valence-electron chi connectivity index (χ1n) is 9.18. The number of carbonyl (C=O) groups excluding carboxylic acids is 1. The smallest absolute Gasteiger partial charge is 0.224 e. The van der Waals surface area contributed by atoms with E-state index in [-0.39, 0.29) is 17.4 Å². The summed E-state index contributed by atoms with van der Waals surface area (Å²) in [5.74, 6) is 1.58. The van der Waals surface area contributed by atoms with Gasteiger partial charge in [-0.15, -0.1) is 0 Å². The van der Waals surface area contributed by atoms with Crippen LogP contribution < -0.4 is 10.1 Å². The van der Waals surface area contributed by atoms with E-state index in [0.717, 1.165) is 34.6 Å². The number of rotatable bonds is 4. The highest BCUT2D eigenvalue weighted by Gasteiger charge is 2.61.